The Labute approximate surface area is 116 Å². The molecule has 1 fully saturated rings. The fourth-order valence-electron chi connectivity index (χ4n) is 2.89. The van der Waals surface area contributed by atoms with Gasteiger partial charge in [0.15, 0.2) is 0 Å². The van der Waals surface area contributed by atoms with Gasteiger partial charge in [0.1, 0.15) is 12.4 Å². The van der Waals surface area contributed by atoms with Crippen LogP contribution in [0.3, 0.4) is 0 Å². The summed E-state index contributed by atoms with van der Waals surface area (Å²) in [5.74, 6) is 0.911. The highest BCUT2D eigenvalue weighted by Crippen LogP contribution is 2.22. The number of ether oxygens (including phenoxy) is 1. The van der Waals surface area contributed by atoms with Crippen LogP contribution in [0.15, 0.2) is 24.3 Å². The Balaban J connectivity index is 1.74. The second-order valence-corrected chi connectivity index (χ2v) is 5.34. The van der Waals surface area contributed by atoms with Crippen molar-refractivity contribution in [3.8, 4) is 5.75 Å². The Morgan fingerprint density at radius 2 is 1.84 bits per heavy atom. The SMILES string of the molecule is CCN(CCOc1ccc(N)cc1)C1CCCCC1. The van der Waals surface area contributed by atoms with Gasteiger partial charge in [-0.25, -0.2) is 0 Å². The maximum Gasteiger partial charge on any atom is 0.119 e. The molecule has 0 aliphatic heterocycles. The molecule has 0 unspecified atom stereocenters. The van der Waals surface area contributed by atoms with Gasteiger partial charge in [-0.2, -0.15) is 0 Å². The molecule has 0 spiro atoms. The van der Waals surface area contributed by atoms with E-state index in [2.05, 4.69) is 11.8 Å². The van der Waals surface area contributed by atoms with E-state index in [4.69, 9.17) is 10.5 Å². The van der Waals surface area contributed by atoms with Crippen molar-refractivity contribution in [2.75, 3.05) is 25.4 Å². The summed E-state index contributed by atoms with van der Waals surface area (Å²) in [6.45, 7) is 5.15. The van der Waals surface area contributed by atoms with Gasteiger partial charge in [-0.05, 0) is 43.7 Å². The first-order chi connectivity index (χ1) is 9.29. The summed E-state index contributed by atoms with van der Waals surface area (Å²) < 4.78 is 5.79. The zero-order valence-corrected chi connectivity index (χ0v) is 12.0. The molecule has 1 aromatic carbocycles. The van der Waals surface area contributed by atoms with Crippen LogP contribution < -0.4 is 10.5 Å². The Morgan fingerprint density at radius 3 is 2.47 bits per heavy atom. The highest BCUT2D eigenvalue weighted by molar-refractivity contribution is 5.41. The van der Waals surface area contributed by atoms with Crippen LogP contribution in [0.5, 0.6) is 5.75 Å². The largest absolute Gasteiger partial charge is 0.492 e. The molecular weight excluding hydrogens is 236 g/mol. The van der Waals surface area contributed by atoms with Crippen LogP contribution in [0.25, 0.3) is 0 Å². The van der Waals surface area contributed by atoms with Gasteiger partial charge in [0, 0.05) is 18.3 Å². The number of nitrogens with two attached hydrogens (primary N) is 1. The zero-order chi connectivity index (χ0) is 13.5. The third kappa shape index (κ3) is 4.43. The van der Waals surface area contributed by atoms with Gasteiger partial charge in [-0.1, -0.05) is 26.2 Å². The molecule has 19 heavy (non-hydrogen) atoms. The molecule has 0 saturated heterocycles. The molecule has 106 valence electrons. The van der Waals surface area contributed by atoms with Gasteiger partial charge in [0.05, 0.1) is 0 Å². The van der Waals surface area contributed by atoms with E-state index in [1.54, 1.807) is 0 Å². The predicted molar refractivity (Wildman–Crippen MR) is 80.5 cm³/mol. The summed E-state index contributed by atoms with van der Waals surface area (Å²) in [6, 6.07) is 8.41. The highest BCUT2D eigenvalue weighted by Gasteiger charge is 2.19. The third-order valence-electron chi connectivity index (χ3n) is 4.02. The zero-order valence-electron chi connectivity index (χ0n) is 12.0. The molecule has 0 bridgehead atoms. The van der Waals surface area contributed by atoms with E-state index in [0.29, 0.717) is 0 Å². The molecule has 3 nitrogen and oxygen atoms in total. The summed E-state index contributed by atoms with van der Waals surface area (Å²) in [5, 5.41) is 0. The number of hydrogen-bond donors (Lipinski definition) is 1. The number of nitrogen functional groups attached to an aromatic ring is 1. The van der Waals surface area contributed by atoms with Crippen molar-refractivity contribution in [3.05, 3.63) is 24.3 Å². The van der Waals surface area contributed by atoms with Crippen molar-refractivity contribution in [1.29, 1.82) is 0 Å². The quantitative estimate of drug-likeness (QED) is 0.799. The number of benzene rings is 1. The van der Waals surface area contributed by atoms with Gasteiger partial charge in [0.25, 0.3) is 0 Å². The lowest BCUT2D eigenvalue weighted by atomic mass is 9.94. The number of hydrogen-bond acceptors (Lipinski definition) is 3. The molecule has 2 rings (SSSR count). The van der Waals surface area contributed by atoms with Gasteiger partial charge < -0.3 is 10.5 Å². The van der Waals surface area contributed by atoms with E-state index in [1.807, 2.05) is 24.3 Å². The summed E-state index contributed by atoms with van der Waals surface area (Å²) in [4.78, 5) is 2.57. The molecular formula is C16H26N2O. The normalized spacial score (nSPS) is 16.7. The van der Waals surface area contributed by atoms with Crippen molar-refractivity contribution in [1.82, 2.24) is 4.90 Å². The topological polar surface area (TPSA) is 38.5 Å². The number of anilines is 1. The first-order valence-corrected chi connectivity index (χ1v) is 7.52. The van der Waals surface area contributed by atoms with Crippen LogP contribution in [-0.4, -0.2) is 30.6 Å². The average Bonchev–Trinajstić information content (AvgIpc) is 2.46. The lowest BCUT2D eigenvalue weighted by molar-refractivity contribution is 0.137. The van der Waals surface area contributed by atoms with Gasteiger partial charge in [-0.15, -0.1) is 0 Å². The fraction of sp³-hybridized carbons (Fsp3) is 0.625. The highest BCUT2D eigenvalue weighted by atomic mass is 16.5. The number of nitrogens with zero attached hydrogens (tertiary/aromatic N) is 1. The van der Waals surface area contributed by atoms with E-state index in [0.717, 1.165) is 37.2 Å². The van der Waals surface area contributed by atoms with Crippen LogP contribution in [0.1, 0.15) is 39.0 Å². The summed E-state index contributed by atoms with van der Waals surface area (Å²) >= 11 is 0. The Kier molecular flexibility index (Phi) is 5.52. The van der Waals surface area contributed by atoms with Crippen molar-refractivity contribution in [2.45, 2.75) is 45.1 Å². The van der Waals surface area contributed by atoms with Crippen molar-refractivity contribution >= 4 is 5.69 Å². The first kappa shape index (κ1) is 14.2. The van der Waals surface area contributed by atoms with Crippen molar-refractivity contribution in [3.63, 3.8) is 0 Å². The second-order valence-electron chi connectivity index (χ2n) is 5.34. The molecule has 1 aliphatic carbocycles. The molecule has 0 heterocycles. The fourth-order valence-corrected chi connectivity index (χ4v) is 2.89. The number of rotatable bonds is 6. The molecule has 2 N–H and O–H groups in total. The minimum absolute atomic E-state index is 0.758. The average molecular weight is 262 g/mol. The van der Waals surface area contributed by atoms with E-state index in [1.165, 1.54) is 32.1 Å². The molecule has 0 atom stereocenters. The molecule has 0 aromatic heterocycles. The van der Waals surface area contributed by atoms with Gasteiger partial charge in [0.2, 0.25) is 0 Å². The van der Waals surface area contributed by atoms with Gasteiger partial charge >= 0.3 is 0 Å². The second kappa shape index (κ2) is 7.39. The van der Waals surface area contributed by atoms with Crippen molar-refractivity contribution < 1.29 is 4.74 Å². The van der Waals surface area contributed by atoms with E-state index < -0.39 is 0 Å². The van der Waals surface area contributed by atoms with E-state index >= 15 is 0 Å². The molecule has 0 radical (unpaired) electrons. The van der Waals surface area contributed by atoms with Crippen LogP contribution in [0, 0.1) is 0 Å². The Morgan fingerprint density at radius 1 is 1.16 bits per heavy atom. The van der Waals surface area contributed by atoms with Crippen LogP contribution in [-0.2, 0) is 0 Å². The third-order valence-corrected chi connectivity index (χ3v) is 4.02. The van der Waals surface area contributed by atoms with Crippen molar-refractivity contribution in [2.24, 2.45) is 0 Å². The first-order valence-electron chi connectivity index (χ1n) is 7.52. The Bertz CT molecular complexity index is 358. The molecule has 1 aromatic rings. The minimum atomic E-state index is 0.758. The van der Waals surface area contributed by atoms with E-state index in [9.17, 15) is 0 Å². The van der Waals surface area contributed by atoms with Crippen LogP contribution in [0.4, 0.5) is 5.69 Å². The summed E-state index contributed by atoms with van der Waals surface area (Å²) in [7, 11) is 0. The van der Waals surface area contributed by atoms with Crippen LogP contribution >= 0.6 is 0 Å². The van der Waals surface area contributed by atoms with Crippen LogP contribution in [0.2, 0.25) is 0 Å². The minimum Gasteiger partial charge on any atom is -0.492 e. The molecule has 0 amide bonds. The monoisotopic (exact) mass is 262 g/mol. The summed E-state index contributed by atoms with van der Waals surface area (Å²) in [5.41, 5.74) is 6.44. The molecule has 1 saturated carbocycles. The lowest BCUT2D eigenvalue weighted by Crippen LogP contribution is -2.39. The lowest BCUT2D eigenvalue weighted by Gasteiger charge is -2.33. The predicted octanol–water partition coefficient (Wildman–Crippen LogP) is 3.30. The maximum absolute atomic E-state index is 5.79. The smallest absolute Gasteiger partial charge is 0.119 e. The maximum atomic E-state index is 5.79. The molecule has 3 heteroatoms. The standard InChI is InChI=1S/C16H26N2O/c1-2-18(15-6-4-3-5-7-15)12-13-19-16-10-8-14(17)9-11-16/h8-11,15H,2-7,12-13,17H2,1H3. The van der Waals surface area contributed by atoms with E-state index in [-0.39, 0.29) is 0 Å². The molecule has 1 aliphatic rings. The number of likely N-dealkylation sites (N-methyl/N-ethyl adjacent to an activating group) is 1. The summed E-state index contributed by atoms with van der Waals surface area (Å²) in [6.07, 6.45) is 6.90. The Hall–Kier alpha value is -1.22. The van der Waals surface area contributed by atoms with Gasteiger partial charge in [-0.3, -0.25) is 4.90 Å².